The van der Waals surface area contributed by atoms with Gasteiger partial charge < -0.3 is 5.32 Å². The zero-order chi connectivity index (χ0) is 13.9. The van der Waals surface area contributed by atoms with Crippen LogP contribution in [0.1, 0.15) is 16.8 Å². The van der Waals surface area contributed by atoms with Gasteiger partial charge in [0, 0.05) is 18.4 Å². The molecule has 2 N–H and O–H groups in total. The van der Waals surface area contributed by atoms with Crippen molar-refractivity contribution in [2.75, 3.05) is 18.6 Å². The summed E-state index contributed by atoms with van der Waals surface area (Å²) in [6.45, 7) is 0.322. The summed E-state index contributed by atoms with van der Waals surface area (Å²) < 4.78 is 21.9. The summed E-state index contributed by atoms with van der Waals surface area (Å²) in [6.07, 6.45) is 1.57. The number of aromatic amines is 1. The number of amides is 1. The maximum Gasteiger partial charge on any atom is 0.251 e. The summed E-state index contributed by atoms with van der Waals surface area (Å²) in [5.74, 6) is -0.186. The van der Waals surface area contributed by atoms with E-state index in [0.29, 0.717) is 29.6 Å². The minimum atomic E-state index is -2.98. The summed E-state index contributed by atoms with van der Waals surface area (Å²) in [7, 11) is -2.98. The van der Waals surface area contributed by atoms with Crippen molar-refractivity contribution in [2.24, 2.45) is 0 Å². The number of carbonyl (C=O) groups excluding carboxylic acids is 1. The maximum absolute atomic E-state index is 11.8. The first-order chi connectivity index (χ1) is 8.96. The molecule has 0 aliphatic carbocycles. The summed E-state index contributed by atoms with van der Waals surface area (Å²) in [4.78, 5) is 11.8. The molecule has 8 heteroatoms. The molecule has 0 spiro atoms. The molecule has 1 heterocycles. The van der Waals surface area contributed by atoms with Gasteiger partial charge in [-0.25, -0.2) is 8.42 Å². The van der Waals surface area contributed by atoms with Crippen LogP contribution in [0.3, 0.4) is 0 Å². The smallest absolute Gasteiger partial charge is 0.251 e. The number of benzene rings is 1. The first-order valence-corrected chi connectivity index (χ1v) is 7.78. The van der Waals surface area contributed by atoms with E-state index in [0.717, 1.165) is 0 Å². The van der Waals surface area contributed by atoms with Crippen molar-refractivity contribution in [1.29, 1.82) is 0 Å². The van der Waals surface area contributed by atoms with E-state index in [1.807, 2.05) is 0 Å². The van der Waals surface area contributed by atoms with Crippen LogP contribution in [0.2, 0.25) is 0 Å². The number of rotatable bonds is 5. The quantitative estimate of drug-likeness (QED) is 0.758. The molecule has 0 atom stereocenters. The number of sulfone groups is 1. The number of H-pyrrole nitrogens is 1. The molecule has 0 aliphatic heterocycles. The van der Waals surface area contributed by atoms with Gasteiger partial charge in [-0.05, 0) is 24.6 Å². The second-order valence-corrected chi connectivity index (χ2v) is 6.53. The number of hydrogen-bond donors (Lipinski definition) is 2. The molecule has 0 radical (unpaired) electrons. The summed E-state index contributed by atoms with van der Waals surface area (Å²) in [5, 5.41) is 12.9. The predicted octanol–water partition coefficient (Wildman–Crippen LogP) is 0.122. The molecule has 0 bridgehead atoms. The maximum atomic E-state index is 11.8. The van der Waals surface area contributed by atoms with Crippen molar-refractivity contribution in [3.63, 3.8) is 0 Å². The predicted molar refractivity (Wildman–Crippen MR) is 70.5 cm³/mol. The molecule has 102 valence electrons. The van der Waals surface area contributed by atoms with E-state index in [9.17, 15) is 13.2 Å². The third kappa shape index (κ3) is 3.75. The SMILES string of the molecule is CS(=O)(=O)CCCNC(=O)c1ccc2n[nH]nc2c1. The Kier molecular flexibility index (Phi) is 3.79. The van der Waals surface area contributed by atoms with Gasteiger partial charge in [-0.2, -0.15) is 15.4 Å². The molecule has 0 saturated carbocycles. The van der Waals surface area contributed by atoms with E-state index in [1.165, 1.54) is 6.26 Å². The van der Waals surface area contributed by atoms with Crippen LogP contribution >= 0.6 is 0 Å². The normalized spacial score (nSPS) is 11.6. The Labute approximate surface area is 110 Å². The lowest BCUT2D eigenvalue weighted by Gasteiger charge is -2.04. The highest BCUT2D eigenvalue weighted by Crippen LogP contribution is 2.10. The first kappa shape index (κ1) is 13.5. The second-order valence-electron chi connectivity index (χ2n) is 4.27. The molecule has 1 aromatic carbocycles. The Balaban J connectivity index is 1.92. The van der Waals surface area contributed by atoms with E-state index in [4.69, 9.17) is 0 Å². The van der Waals surface area contributed by atoms with Crippen molar-refractivity contribution in [3.8, 4) is 0 Å². The van der Waals surface area contributed by atoms with Gasteiger partial charge in [0.25, 0.3) is 5.91 Å². The van der Waals surface area contributed by atoms with Crippen LogP contribution in [-0.4, -0.2) is 48.3 Å². The second kappa shape index (κ2) is 5.35. The standard InChI is InChI=1S/C11H14N4O3S/c1-19(17,18)6-2-5-12-11(16)8-3-4-9-10(7-8)14-15-13-9/h3-4,7H,2,5-6H2,1H3,(H,12,16)(H,13,14,15). The van der Waals surface area contributed by atoms with Crippen LogP contribution in [0, 0.1) is 0 Å². The van der Waals surface area contributed by atoms with Gasteiger partial charge in [-0.3, -0.25) is 4.79 Å². The lowest BCUT2D eigenvalue weighted by Crippen LogP contribution is -2.25. The van der Waals surface area contributed by atoms with Crippen molar-refractivity contribution in [2.45, 2.75) is 6.42 Å². The molecule has 0 saturated heterocycles. The van der Waals surface area contributed by atoms with Crippen molar-refractivity contribution in [3.05, 3.63) is 23.8 Å². The monoisotopic (exact) mass is 282 g/mol. The molecule has 7 nitrogen and oxygen atoms in total. The lowest BCUT2D eigenvalue weighted by molar-refractivity contribution is 0.0954. The number of fused-ring (bicyclic) bond motifs is 1. The fraction of sp³-hybridized carbons (Fsp3) is 0.364. The summed E-state index contributed by atoms with van der Waals surface area (Å²) in [5.41, 5.74) is 1.78. The molecule has 2 aromatic rings. The van der Waals surface area contributed by atoms with Gasteiger partial charge in [0.15, 0.2) is 0 Å². The first-order valence-electron chi connectivity index (χ1n) is 5.72. The zero-order valence-corrected chi connectivity index (χ0v) is 11.2. The molecule has 2 rings (SSSR count). The minimum Gasteiger partial charge on any atom is -0.352 e. The number of aromatic nitrogens is 3. The van der Waals surface area contributed by atoms with Crippen molar-refractivity contribution in [1.82, 2.24) is 20.7 Å². The van der Waals surface area contributed by atoms with Gasteiger partial charge in [0.05, 0.1) is 5.75 Å². The zero-order valence-electron chi connectivity index (χ0n) is 10.4. The van der Waals surface area contributed by atoms with E-state index >= 15 is 0 Å². The molecular formula is C11H14N4O3S. The largest absolute Gasteiger partial charge is 0.352 e. The highest BCUT2D eigenvalue weighted by molar-refractivity contribution is 7.90. The van der Waals surface area contributed by atoms with E-state index in [-0.39, 0.29) is 11.7 Å². The number of hydrogen-bond acceptors (Lipinski definition) is 5. The van der Waals surface area contributed by atoms with Crippen LogP contribution in [0.15, 0.2) is 18.2 Å². The van der Waals surface area contributed by atoms with Gasteiger partial charge in [-0.15, -0.1) is 0 Å². The van der Waals surface area contributed by atoms with Crippen LogP contribution in [0.5, 0.6) is 0 Å². The Hall–Kier alpha value is -1.96. The van der Waals surface area contributed by atoms with Gasteiger partial charge in [0.1, 0.15) is 20.9 Å². The highest BCUT2D eigenvalue weighted by atomic mass is 32.2. The van der Waals surface area contributed by atoms with E-state index < -0.39 is 9.84 Å². The molecule has 1 amide bonds. The Morgan fingerprint density at radius 3 is 2.79 bits per heavy atom. The van der Waals surface area contributed by atoms with Crippen molar-refractivity contribution < 1.29 is 13.2 Å². The average molecular weight is 282 g/mol. The fourth-order valence-electron chi connectivity index (χ4n) is 1.62. The minimum absolute atomic E-state index is 0.0651. The Bertz CT molecular complexity index is 693. The van der Waals surface area contributed by atoms with Gasteiger partial charge in [0.2, 0.25) is 0 Å². The highest BCUT2D eigenvalue weighted by Gasteiger charge is 2.08. The molecule has 0 unspecified atom stereocenters. The van der Waals surface area contributed by atoms with Crippen LogP contribution in [0.4, 0.5) is 0 Å². The Morgan fingerprint density at radius 2 is 2.05 bits per heavy atom. The average Bonchev–Trinajstić information content (AvgIpc) is 2.80. The van der Waals surface area contributed by atoms with Crippen LogP contribution in [0.25, 0.3) is 11.0 Å². The number of carbonyl (C=O) groups is 1. The topological polar surface area (TPSA) is 105 Å². The lowest BCUT2D eigenvalue weighted by atomic mass is 10.2. The van der Waals surface area contributed by atoms with Gasteiger partial charge >= 0.3 is 0 Å². The van der Waals surface area contributed by atoms with E-state index in [1.54, 1.807) is 18.2 Å². The summed E-state index contributed by atoms with van der Waals surface area (Å²) in [6, 6.07) is 4.98. The number of nitrogens with one attached hydrogen (secondary N) is 2. The summed E-state index contributed by atoms with van der Waals surface area (Å²) >= 11 is 0. The third-order valence-corrected chi connectivity index (χ3v) is 3.59. The third-order valence-electron chi connectivity index (χ3n) is 2.56. The number of nitrogens with zero attached hydrogens (tertiary/aromatic N) is 2. The van der Waals surface area contributed by atoms with Crippen molar-refractivity contribution >= 4 is 26.8 Å². The molecular weight excluding hydrogens is 268 g/mol. The fourth-order valence-corrected chi connectivity index (χ4v) is 2.29. The van der Waals surface area contributed by atoms with Gasteiger partial charge in [-0.1, -0.05) is 0 Å². The van der Waals surface area contributed by atoms with Crippen LogP contribution < -0.4 is 5.32 Å². The Morgan fingerprint density at radius 1 is 1.32 bits per heavy atom. The molecule has 0 aliphatic rings. The molecule has 1 aromatic heterocycles. The molecule has 0 fully saturated rings. The van der Waals surface area contributed by atoms with Crippen LogP contribution in [-0.2, 0) is 9.84 Å². The van der Waals surface area contributed by atoms with E-state index in [2.05, 4.69) is 20.7 Å². The molecule has 19 heavy (non-hydrogen) atoms.